The van der Waals surface area contributed by atoms with E-state index in [0.29, 0.717) is 35.6 Å². The molecule has 4 rings (SSSR count). The molecule has 0 spiro atoms. The normalized spacial score (nSPS) is 20.6. The molecule has 2 amide bonds. The number of ketones is 1. The summed E-state index contributed by atoms with van der Waals surface area (Å²) < 4.78 is 10.7. The molecule has 1 fully saturated rings. The fourth-order valence-corrected chi connectivity index (χ4v) is 3.99. The first-order chi connectivity index (χ1) is 14.5. The van der Waals surface area contributed by atoms with Crippen LogP contribution in [0.15, 0.2) is 60.2 Å². The van der Waals surface area contributed by atoms with Crippen LogP contribution in [0.4, 0.5) is 5.69 Å². The largest absolute Gasteiger partial charge is 0.497 e. The van der Waals surface area contributed by atoms with Crippen molar-refractivity contribution in [2.75, 3.05) is 18.6 Å². The Morgan fingerprint density at radius 1 is 0.967 bits per heavy atom. The van der Waals surface area contributed by atoms with E-state index < -0.39 is 0 Å². The van der Waals surface area contributed by atoms with Gasteiger partial charge in [-0.15, -0.1) is 0 Å². The van der Waals surface area contributed by atoms with Crippen LogP contribution in [0.3, 0.4) is 0 Å². The topological polar surface area (TPSA) is 72.9 Å². The average Bonchev–Trinajstić information content (AvgIpc) is 3.02. The van der Waals surface area contributed by atoms with Crippen molar-refractivity contribution >= 4 is 23.3 Å². The van der Waals surface area contributed by atoms with Gasteiger partial charge in [-0.05, 0) is 68.3 Å². The second-order valence-electron chi connectivity index (χ2n) is 7.65. The van der Waals surface area contributed by atoms with Crippen LogP contribution in [0, 0.1) is 11.8 Å². The maximum atomic E-state index is 12.8. The van der Waals surface area contributed by atoms with Gasteiger partial charge in [-0.25, -0.2) is 0 Å². The predicted octanol–water partition coefficient (Wildman–Crippen LogP) is 3.80. The number of ether oxygens (including phenoxy) is 2. The minimum absolute atomic E-state index is 0.109. The van der Waals surface area contributed by atoms with Crippen LogP contribution in [0.2, 0.25) is 0 Å². The van der Waals surface area contributed by atoms with Crippen molar-refractivity contribution in [1.29, 1.82) is 0 Å². The number of imide groups is 1. The lowest BCUT2D eigenvalue weighted by Crippen LogP contribution is -2.30. The molecular formula is C24H23NO5. The summed E-state index contributed by atoms with van der Waals surface area (Å²) in [6.45, 7) is 1.89. The number of carbonyl (C=O) groups is 3. The minimum Gasteiger partial charge on any atom is -0.497 e. The van der Waals surface area contributed by atoms with Crippen LogP contribution in [0.25, 0.3) is 0 Å². The molecule has 1 heterocycles. The van der Waals surface area contributed by atoms with Crippen molar-refractivity contribution in [2.45, 2.75) is 19.8 Å². The highest BCUT2D eigenvalue weighted by Gasteiger charge is 2.48. The number of rotatable bonds is 6. The van der Waals surface area contributed by atoms with E-state index in [-0.39, 0.29) is 36.0 Å². The monoisotopic (exact) mass is 405 g/mol. The number of Topliss-reactive ketones (excluding diaryl/α,β-unsaturated/α-hetero) is 1. The first-order valence-electron chi connectivity index (χ1n) is 9.91. The van der Waals surface area contributed by atoms with Gasteiger partial charge < -0.3 is 9.47 Å². The van der Waals surface area contributed by atoms with Crippen molar-refractivity contribution < 1.29 is 23.9 Å². The van der Waals surface area contributed by atoms with Crippen molar-refractivity contribution in [1.82, 2.24) is 0 Å². The van der Waals surface area contributed by atoms with Gasteiger partial charge in [-0.3, -0.25) is 19.3 Å². The van der Waals surface area contributed by atoms with Crippen molar-refractivity contribution in [2.24, 2.45) is 11.8 Å². The summed E-state index contributed by atoms with van der Waals surface area (Å²) in [5, 5.41) is 0. The molecule has 2 aliphatic rings. The fraction of sp³-hybridized carbons (Fsp3) is 0.292. The smallest absolute Gasteiger partial charge is 0.238 e. The molecule has 1 aliphatic carbocycles. The molecule has 2 atom stereocenters. The number of amides is 2. The molecule has 2 aromatic carbocycles. The molecule has 6 heteroatoms. The molecule has 0 aromatic heterocycles. The number of hydrogen-bond acceptors (Lipinski definition) is 5. The Morgan fingerprint density at radius 2 is 1.60 bits per heavy atom. The number of carbonyl (C=O) groups excluding carboxylic acids is 3. The van der Waals surface area contributed by atoms with Crippen molar-refractivity contribution in [3.05, 3.63) is 65.7 Å². The first kappa shape index (κ1) is 19.9. The van der Waals surface area contributed by atoms with Crippen LogP contribution in [-0.4, -0.2) is 31.3 Å². The SMILES string of the molecule is COc1ccc(C(=O)COc2ccc(N3C(=O)[C@@H]4CC=C(C)C[C@H]4C3=O)cc2)cc1. The molecule has 2 aromatic rings. The number of hydrogen-bond donors (Lipinski definition) is 0. The minimum atomic E-state index is -0.265. The molecule has 0 N–H and O–H groups in total. The Hall–Kier alpha value is -3.41. The predicted molar refractivity (Wildman–Crippen MR) is 112 cm³/mol. The van der Waals surface area contributed by atoms with Gasteiger partial charge in [0, 0.05) is 5.56 Å². The van der Waals surface area contributed by atoms with E-state index in [2.05, 4.69) is 0 Å². The van der Waals surface area contributed by atoms with Crippen LogP contribution in [0.5, 0.6) is 11.5 Å². The van der Waals surface area contributed by atoms with E-state index in [9.17, 15) is 14.4 Å². The summed E-state index contributed by atoms with van der Waals surface area (Å²) in [7, 11) is 1.57. The van der Waals surface area contributed by atoms with E-state index >= 15 is 0 Å². The van der Waals surface area contributed by atoms with Crippen LogP contribution in [-0.2, 0) is 9.59 Å². The highest BCUT2D eigenvalue weighted by Crippen LogP contribution is 2.39. The Kier molecular flexibility index (Phi) is 5.40. The fourth-order valence-electron chi connectivity index (χ4n) is 3.99. The van der Waals surface area contributed by atoms with Crippen molar-refractivity contribution in [3.8, 4) is 11.5 Å². The third kappa shape index (κ3) is 3.73. The summed E-state index contributed by atoms with van der Waals surface area (Å²) in [5.74, 6) is 0.214. The second kappa shape index (κ2) is 8.14. The molecular weight excluding hydrogens is 382 g/mol. The van der Waals surface area contributed by atoms with Gasteiger partial charge in [-0.1, -0.05) is 11.6 Å². The quantitative estimate of drug-likeness (QED) is 0.415. The zero-order chi connectivity index (χ0) is 21.3. The van der Waals surface area contributed by atoms with Gasteiger partial charge in [0.15, 0.2) is 12.4 Å². The van der Waals surface area contributed by atoms with Crippen molar-refractivity contribution in [3.63, 3.8) is 0 Å². The number of fused-ring (bicyclic) bond motifs is 1. The number of benzene rings is 2. The zero-order valence-corrected chi connectivity index (χ0v) is 17.0. The standard InChI is InChI=1S/C24H23NO5/c1-15-3-12-20-21(13-15)24(28)25(23(20)27)17-6-10-19(11-7-17)30-14-22(26)16-4-8-18(29-2)9-5-16/h3-11,20-21H,12-14H2,1-2H3/t20-,21-/m1/s1. The number of anilines is 1. The summed E-state index contributed by atoms with van der Waals surface area (Å²) in [6.07, 6.45) is 3.30. The maximum Gasteiger partial charge on any atom is 0.238 e. The first-order valence-corrected chi connectivity index (χ1v) is 9.91. The average molecular weight is 405 g/mol. The summed E-state index contributed by atoms with van der Waals surface area (Å²) in [4.78, 5) is 39.1. The molecule has 6 nitrogen and oxygen atoms in total. The number of allylic oxidation sites excluding steroid dienone is 2. The summed E-state index contributed by atoms with van der Waals surface area (Å²) in [6, 6.07) is 13.5. The maximum absolute atomic E-state index is 12.8. The van der Waals surface area contributed by atoms with E-state index in [0.717, 1.165) is 5.57 Å². The lowest BCUT2D eigenvalue weighted by atomic mass is 9.82. The molecule has 0 radical (unpaired) electrons. The molecule has 1 aliphatic heterocycles. The van der Waals surface area contributed by atoms with Gasteiger partial charge >= 0.3 is 0 Å². The third-order valence-corrected chi connectivity index (χ3v) is 5.70. The Morgan fingerprint density at radius 3 is 2.27 bits per heavy atom. The van der Waals surface area contributed by atoms with Gasteiger partial charge in [0.05, 0.1) is 24.6 Å². The lowest BCUT2D eigenvalue weighted by Gasteiger charge is -2.18. The second-order valence-corrected chi connectivity index (χ2v) is 7.65. The highest BCUT2D eigenvalue weighted by atomic mass is 16.5. The van der Waals surface area contributed by atoms with E-state index in [1.165, 1.54) is 4.90 Å². The Balaban J connectivity index is 1.40. The molecule has 0 unspecified atom stereocenters. The van der Waals surface area contributed by atoms with Gasteiger partial charge in [0.2, 0.25) is 11.8 Å². The molecule has 0 saturated carbocycles. The van der Waals surface area contributed by atoms with Gasteiger partial charge in [-0.2, -0.15) is 0 Å². The summed E-state index contributed by atoms with van der Waals surface area (Å²) in [5.41, 5.74) is 2.22. The van der Waals surface area contributed by atoms with Gasteiger partial charge in [0.1, 0.15) is 11.5 Å². The molecule has 30 heavy (non-hydrogen) atoms. The van der Waals surface area contributed by atoms with Crippen LogP contribution in [0.1, 0.15) is 30.1 Å². The molecule has 0 bridgehead atoms. The number of nitrogens with zero attached hydrogens (tertiary/aromatic N) is 1. The summed E-state index contributed by atoms with van der Waals surface area (Å²) >= 11 is 0. The zero-order valence-electron chi connectivity index (χ0n) is 17.0. The lowest BCUT2D eigenvalue weighted by molar-refractivity contribution is -0.122. The van der Waals surface area contributed by atoms with E-state index in [4.69, 9.17) is 9.47 Å². The highest BCUT2D eigenvalue weighted by molar-refractivity contribution is 6.22. The molecule has 1 saturated heterocycles. The van der Waals surface area contributed by atoms with Crippen LogP contribution >= 0.6 is 0 Å². The number of methoxy groups -OCH3 is 1. The van der Waals surface area contributed by atoms with Gasteiger partial charge in [0.25, 0.3) is 0 Å². The van der Waals surface area contributed by atoms with E-state index in [1.54, 1.807) is 55.6 Å². The Bertz CT molecular complexity index is 1010. The third-order valence-electron chi connectivity index (χ3n) is 5.70. The molecule has 154 valence electrons. The van der Waals surface area contributed by atoms with Crippen LogP contribution < -0.4 is 14.4 Å². The Labute approximate surface area is 175 Å². The van der Waals surface area contributed by atoms with E-state index in [1.807, 2.05) is 13.0 Å².